The van der Waals surface area contributed by atoms with Crippen LogP contribution in [0.15, 0.2) is 24.3 Å². The molecule has 1 aromatic rings. The Morgan fingerprint density at radius 3 is 2.68 bits per heavy atom. The summed E-state index contributed by atoms with van der Waals surface area (Å²) < 4.78 is 26.8. The van der Waals surface area contributed by atoms with Gasteiger partial charge in [-0.3, -0.25) is 4.79 Å². The fourth-order valence-electron chi connectivity index (χ4n) is 2.00. The number of amides is 1. The molecular formula is C14H16F2N2O. The molecule has 1 aliphatic rings. The minimum Gasteiger partial charge on any atom is -0.338 e. The van der Waals surface area contributed by atoms with Crippen molar-refractivity contribution >= 4 is 12.0 Å². The lowest BCUT2D eigenvalue weighted by atomic mass is 10.2. The van der Waals surface area contributed by atoms with Crippen LogP contribution in [0.1, 0.15) is 12.0 Å². The first kappa shape index (κ1) is 13.7. The molecule has 1 aliphatic heterocycles. The van der Waals surface area contributed by atoms with Crippen molar-refractivity contribution in [1.29, 1.82) is 0 Å². The van der Waals surface area contributed by atoms with E-state index in [0.29, 0.717) is 13.1 Å². The molecule has 5 heteroatoms. The molecule has 0 spiro atoms. The van der Waals surface area contributed by atoms with E-state index < -0.39 is 11.6 Å². The molecule has 1 saturated heterocycles. The second-order valence-corrected chi connectivity index (χ2v) is 4.40. The van der Waals surface area contributed by atoms with E-state index in [0.717, 1.165) is 19.5 Å². The van der Waals surface area contributed by atoms with E-state index in [4.69, 9.17) is 0 Å². The fourth-order valence-corrected chi connectivity index (χ4v) is 2.00. The molecule has 102 valence electrons. The van der Waals surface area contributed by atoms with Gasteiger partial charge in [0.15, 0.2) is 0 Å². The van der Waals surface area contributed by atoms with Crippen LogP contribution in [0.2, 0.25) is 0 Å². The lowest BCUT2D eigenvalue weighted by Gasteiger charge is -2.17. The fraction of sp³-hybridized carbons (Fsp3) is 0.357. The van der Waals surface area contributed by atoms with E-state index in [9.17, 15) is 13.6 Å². The highest BCUT2D eigenvalue weighted by atomic mass is 19.1. The summed E-state index contributed by atoms with van der Waals surface area (Å²) in [6.45, 7) is 2.90. The number of halogens is 2. The van der Waals surface area contributed by atoms with Gasteiger partial charge in [0.1, 0.15) is 11.6 Å². The number of benzene rings is 1. The zero-order valence-electron chi connectivity index (χ0n) is 10.5. The highest BCUT2D eigenvalue weighted by Crippen LogP contribution is 2.13. The van der Waals surface area contributed by atoms with Crippen molar-refractivity contribution in [1.82, 2.24) is 10.2 Å². The van der Waals surface area contributed by atoms with Gasteiger partial charge in [0.2, 0.25) is 5.91 Å². The van der Waals surface area contributed by atoms with Crippen LogP contribution in [0.3, 0.4) is 0 Å². The summed E-state index contributed by atoms with van der Waals surface area (Å²) in [5.41, 5.74) is -0.177. The van der Waals surface area contributed by atoms with Crippen molar-refractivity contribution in [3.8, 4) is 0 Å². The molecule has 0 aliphatic carbocycles. The minimum atomic E-state index is -0.665. The maximum absolute atomic E-state index is 13.4. The molecule has 1 amide bonds. The SMILES string of the molecule is O=C(C=Cc1c(F)cccc1F)N1CCCNCC1. The van der Waals surface area contributed by atoms with Crippen molar-refractivity contribution in [2.24, 2.45) is 0 Å². The van der Waals surface area contributed by atoms with Crippen LogP contribution in [-0.4, -0.2) is 37.0 Å². The van der Waals surface area contributed by atoms with Gasteiger partial charge in [-0.2, -0.15) is 0 Å². The summed E-state index contributed by atoms with van der Waals surface area (Å²) in [6.07, 6.45) is 3.31. The van der Waals surface area contributed by atoms with E-state index >= 15 is 0 Å². The van der Waals surface area contributed by atoms with Crippen LogP contribution in [0, 0.1) is 11.6 Å². The molecule has 1 fully saturated rings. The maximum atomic E-state index is 13.4. The number of carbonyl (C=O) groups excluding carboxylic acids is 1. The number of nitrogens with zero attached hydrogens (tertiary/aromatic N) is 1. The van der Waals surface area contributed by atoms with Crippen molar-refractivity contribution < 1.29 is 13.6 Å². The largest absolute Gasteiger partial charge is 0.338 e. The number of carbonyl (C=O) groups is 1. The predicted octanol–water partition coefficient (Wildman–Crippen LogP) is 1.80. The summed E-state index contributed by atoms with van der Waals surface area (Å²) in [4.78, 5) is 13.6. The second kappa shape index (κ2) is 6.43. The van der Waals surface area contributed by atoms with Gasteiger partial charge in [-0.05, 0) is 31.2 Å². The molecule has 2 rings (SSSR count). The van der Waals surface area contributed by atoms with E-state index in [1.807, 2.05) is 0 Å². The maximum Gasteiger partial charge on any atom is 0.246 e. The zero-order chi connectivity index (χ0) is 13.7. The first-order chi connectivity index (χ1) is 9.18. The Balaban J connectivity index is 2.07. The van der Waals surface area contributed by atoms with Crippen LogP contribution in [0.25, 0.3) is 6.08 Å². The van der Waals surface area contributed by atoms with Crippen molar-refractivity contribution in [2.45, 2.75) is 6.42 Å². The predicted molar refractivity (Wildman–Crippen MR) is 69.5 cm³/mol. The van der Waals surface area contributed by atoms with Gasteiger partial charge in [-0.1, -0.05) is 6.07 Å². The summed E-state index contributed by atoms with van der Waals surface area (Å²) in [6, 6.07) is 3.64. The Labute approximate surface area is 110 Å². The van der Waals surface area contributed by atoms with Crippen molar-refractivity contribution in [3.63, 3.8) is 0 Å². The van der Waals surface area contributed by atoms with Gasteiger partial charge in [0.25, 0.3) is 0 Å². The van der Waals surface area contributed by atoms with Gasteiger partial charge in [-0.25, -0.2) is 8.78 Å². The van der Waals surface area contributed by atoms with Crippen LogP contribution >= 0.6 is 0 Å². The van der Waals surface area contributed by atoms with Crippen molar-refractivity contribution in [2.75, 3.05) is 26.2 Å². The number of nitrogens with one attached hydrogen (secondary N) is 1. The van der Waals surface area contributed by atoms with E-state index in [-0.39, 0.29) is 11.5 Å². The highest BCUT2D eigenvalue weighted by Gasteiger charge is 2.13. The lowest BCUT2D eigenvalue weighted by molar-refractivity contribution is -0.125. The monoisotopic (exact) mass is 266 g/mol. The van der Waals surface area contributed by atoms with Gasteiger partial charge < -0.3 is 10.2 Å². The molecule has 0 saturated carbocycles. The van der Waals surface area contributed by atoms with Gasteiger partial charge in [0, 0.05) is 31.3 Å². The van der Waals surface area contributed by atoms with Crippen LogP contribution in [0.4, 0.5) is 8.78 Å². The normalized spacial score (nSPS) is 16.6. The van der Waals surface area contributed by atoms with Gasteiger partial charge in [0.05, 0.1) is 0 Å². The third kappa shape index (κ3) is 3.61. The number of hydrogen-bond acceptors (Lipinski definition) is 2. The van der Waals surface area contributed by atoms with Crippen LogP contribution in [-0.2, 0) is 4.79 Å². The molecule has 1 N–H and O–H groups in total. The number of hydrogen-bond donors (Lipinski definition) is 1. The molecule has 0 radical (unpaired) electrons. The van der Waals surface area contributed by atoms with E-state index in [2.05, 4.69) is 5.32 Å². The Hall–Kier alpha value is -1.75. The smallest absolute Gasteiger partial charge is 0.246 e. The molecule has 1 aromatic carbocycles. The highest BCUT2D eigenvalue weighted by molar-refractivity contribution is 5.91. The zero-order valence-corrected chi connectivity index (χ0v) is 10.5. The van der Waals surface area contributed by atoms with E-state index in [1.165, 1.54) is 30.4 Å². The molecule has 0 aromatic heterocycles. The van der Waals surface area contributed by atoms with E-state index in [1.54, 1.807) is 4.90 Å². The minimum absolute atomic E-state index is 0.177. The standard InChI is InChI=1S/C14H16F2N2O/c15-12-3-1-4-13(16)11(12)5-6-14(19)18-9-2-7-17-8-10-18/h1,3-6,17H,2,7-10H2. The molecule has 3 nitrogen and oxygen atoms in total. The molecule has 0 unspecified atom stereocenters. The summed E-state index contributed by atoms with van der Waals surface area (Å²) in [7, 11) is 0. The third-order valence-electron chi connectivity index (χ3n) is 3.04. The number of rotatable bonds is 2. The Kier molecular flexibility index (Phi) is 4.63. The molecule has 19 heavy (non-hydrogen) atoms. The third-order valence-corrected chi connectivity index (χ3v) is 3.04. The van der Waals surface area contributed by atoms with Crippen LogP contribution < -0.4 is 5.32 Å². The average Bonchev–Trinajstić information content (AvgIpc) is 2.66. The van der Waals surface area contributed by atoms with Gasteiger partial charge in [-0.15, -0.1) is 0 Å². The van der Waals surface area contributed by atoms with Gasteiger partial charge >= 0.3 is 0 Å². The topological polar surface area (TPSA) is 32.3 Å². The summed E-state index contributed by atoms with van der Waals surface area (Å²) in [5, 5.41) is 3.19. The second-order valence-electron chi connectivity index (χ2n) is 4.40. The first-order valence-corrected chi connectivity index (χ1v) is 6.30. The summed E-state index contributed by atoms with van der Waals surface area (Å²) >= 11 is 0. The molecule has 0 atom stereocenters. The average molecular weight is 266 g/mol. The molecular weight excluding hydrogens is 250 g/mol. The van der Waals surface area contributed by atoms with Crippen LogP contribution in [0.5, 0.6) is 0 Å². The quantitative estimate of drug-likeness (QED) is 0.828. The first-order valence-electron chi connectivity index (χ1n) is 6.30. The Morgan fingerprint density at radius 1 is 1.21 bits per heavy atom. The summed E-state index contributed by atoms with van der Waals surface area (Å²) in [5.74, 6) is -1.55. The Morgan fingerprint density at radius 2 is 1.95 bits per heavy atom. The molecule has 0 bridgehead atoms. The molecule has 1 heterocycles. The Bertz CT molecular complexity index is 460. The van der Waals surface area contributed by atoms with Crippen molar-refractivity contribution in [3.05, 3.63) is 41.5 Å². The lowest BCUT2D eigenvalue weighted by Crippen LogP contribution is -2.32.